The van der Waals surface area contributed by atoms with Gasteiger partial charge in [0, 0.05) is 63.3 Å². The highest BCUT2D eigenvalue weighted by Crippen LogP contribution is 2.22. The van der Waals surface area contributed by atoms with Crippen molar-refractivity contribution in [3.63, 3.8) is 0 Å². The van der Waals surface area contributed by atoms with Crippen molar-refractivity contribution in [2.45, 2.75) is 39.0 Å². The van der Waals surface area contributed by atoms with Gasteiger partial charge in [-0.1, -0.05) is 0 Å². The molecule has 0 bridgehead atoms. The number of nitrogens with one attached hydrogen (secondary N) is 1. The van der Waals surface area contributed by atoms with E-state index >= 15 is 0 Å². The normalized spacial score (nSPS) is 15.3. The SMILES string of the molecule is Cn1cc(-c2nn(C)cc2CNC2CN(C(=O)OC(C)(C)C)C2)cn1. The van der Waals surface area contributed by atoms with E-state index in [9.17, 15) is 4.79 Å². The Morgan fingerprint density at radius 2 is 2.00 bits per heavy atom. The van der Waals surface area contributed by atoms with Crippen molar-refractivity contribution in [2.24, 2.45) is 14.1 Å². The van der Waals surface area contributed by atoms with Crippen LogP contribution in [0.25, 0.3) is 11.3 Å². The molecule has 1 aliphatic heterocycles. The van der Waals surface area contributed by atoms with Crippen molar-refractivity contribution in [1.29, 1.82) is 0 Å². The Morgan fingerprint density at radius 3 is 2.60 bits per heavy atom. The molecule has 0 saturated carbocycles. The molecule has 1 amide bonds. The van der Waals surface area contributed by atoms with Crippen LogP contribution in [0.15, 0.2) is 18.6 Å². The zero-order valence-electron chi connectivity index (χ0n) is 15.5. The number of rotatable bonds is 4. The van der Waals surface area contributed by atoms with Crippen LogP contribution < -0.4 is 5.32 Å². The van der Waals surface area contributed by atoms with Crippen LogP contribution in [0.2, 0.25) is 0 Å². The van der Waals surface area contributed by atoms with Gasteiger partial charge in [-0.3, -0.25) is 9.36 Å². The number of hydrogen-bond donors (Lipinski definition) is 1. The maximum atomic E-state index is 12.0. The van der Waals surface area contributed by atoms with Crippen molar-refractivity contribution < 1.29 is 9.53 Å². The molecule has 1 fully saturated rings. The zero-order chi connectivity index (χ0) is 18.2. The molecule has 8 nitrogen and oxygen atoms in total. The maximum absolute atomic E-state index is 12.0. The topological polar surface area (TPSA) is 77.2 Å². The average molecular weight is 346 g/mol. The number of hydrogen-bond acceptors (Lipinski definition) is 5. The van der Waals surface area contributed by atoms with E-state index in [1.54, 1.807) is 9.58 Å². The van der Waals surface area contributed by atoms with Crippen LogP contribution in [0.1, 0.15) is 26.3 Å². The molecule has 0 aliphatic carbocycles. The fourth-order valence-corrected chi connectivity index (χ4v) is 2.79. The molecule has 0 radical (unpaired) electrons. The van der Waals surface area contributed by atoms with E-state index in [1.807, 2.05) is 58.1 Å². The van der Waals surface area contributed by atoms with Gasteiger partial charge in [0.2, 0.25) is 0 Å². The lowest BCUT2D eigenvalue weighted by Crippen LogP contribution is -2.60. The second-order valence-electron chi connectivity index (χ2n) is 7.54. The van der Waals surface area contributed by atoms with Gasteiger partial charge in [0.1, 0.15) is 5.60 Å². The van der Waals surface area contributed by atoms with Gasteiger partial charge in [-0.15, -0.1) is 0 Å². The van der Waals surface area contributed by atoms with Gasteiger partial charge < -0.3 is 15.0 Å². The first-order chi connectivity index (χ1) is 11.7. The third-order valence-corrected chi connectivity index (χ3v) is 4.00. The molecule has 1 N–H and O–H groups in total. The van der Waals surface area contributed by atoms with Crippen LogP contribution in [-0.2, 0) is 25.4 Å². The monoisotopic (exact) mass is 346 g/mol. The van der Waals surface area contributed by atoms with E-state index in [1.165, 1.54) is 0 Å². The number of aromatic nitrogens is 4. The highest BCUT2D eigenvalue weighted by molar-refractivity contribution is 5.69. The molecule has 136 valence electrons. The van der Waals surface area contributed by atoms with Crippen molar-refractivity contribution in [1.82, 2.24) is 29.8 Å². The Bertz CT molecular complexity index is 752. The minimum Gasteiger partial charge on any atom is -0.444 e. The maximum Gasteiger partial charge on any atom is 0.410 e. The minimum atomic E-state index is -0.454. The van der Waals surface area contributed by atoms with Crippen molar-refractivity contribution in [2.75, 3.05) is 13.1 Å². The van der Waals surface area contributed by atoms with Gasteiger partial charge in [-0.05, 0) is 20.8 Å². The van der Waals surface area contributed by atoms with Crippen LogP contribution >= 0.6 is 0 Å². The molecule has 1 saturated heterocycles. The molecule has 0 aromatic carbocycles. The van der Waals surface area contributed by atoms with Crippen molar-refractivity contribution >= 4 is 6.09 Å². The molecule has 3 rings (SSSR count). The molecule has 3 heterocycles. The van der Waals surface area contributed by atoms with Crippen LogP contribution in [0, 0.1) is 0 Å². The largest absolute Gasteiger partial charge is 0.444 e. The van der Waals surface area contributed by atoms with Gasteiger partial charge in [0.25, 0.3) is 0 Å². The lowest BCUT2D eigenvalue weighted by atomic mass is 10.1. The van der Waals surface area contributed by atoms with E-state index in [0.29, 0.717) is 19.6 Å². The van der Waals surface area contributed by atoms with E-state index in [4.69, 9.17) is 4.74 Å². The van der Waals surface area contributed by atoms with Crippen molar-refractivity contribution in [3.8, 4) is 11.3 Å². The number of likely N-dealkylation sites (tertiary alicyclic amines) is 1. The Hall–Kier alpha value is -2.35. The molecular formula is C17H26N6O2. The van der Waals surface area contributed by atoms with Crippen LogP contribution in [0.3, 0.4) is 0 Å². The first-order valence-corrected chi connectivity index (χ1v) is 8.44. The van der Waals surface area contributed by atoms with Crippen molar-refractivity contribution in [3.05, 3.63) is 24.2 Å². The number of carbonyl (C=O) groups is 1. The molecule has 2 aromatic heterocycles. The molecular weight excluding hydrogens is 320 g/mol. The fourth-order valence-electron chi connectivity index (χ4n) is 2.79. The molecule has 1 aliphatic rings. The summed E-state index contributed by atoms with van der Waals surface area (Å²) < 4.78 is 8.95. The summed E-state index contributed by atoms with van der Waals surface area (Å²) in [7, 11) is 3.81. The molecule has 0 unspecified atom stereocenters. The lowest BCUT2D eigenvalue weighted by molar-refractivity contribution is 0.00519. The predicted molar refractivity (Wildman–Crippen MR) is 93.8 cm³/mol. The summed E-state index contributed by atoms with van der Waals surface area (Å²) in [6.07, 6.45) is 5.54. The van der Waals surface area contributed by atoms with E-state index in [2.05, 4.69) is 15.5 Å². The second kappa shape index (κ2) is 6.51. The number of nitrogens with zero attached hydrogens (tertiary/aromatic N) is 5. The minimum absolute atomic E-state index is 0.247. The lowest BCUT2D eigenvalue weighted by Gasteiger charge is -2.40. The summed E-state index contributed by atoms with van der Waals surface area (Å²) in [5.41, 5.74) is 2.60. The summed E-state index contributed by atoms with van der Waals surface area (Å²) in [5, 5.41) is 12.2. The summed E-state index contributed by atoms with van der Waals surface area (Å²) >= 11 is 0. The van der Waals surface area contributed by atoms with E-state index in [-0.39, 0.29) is 12.1 Å². The number of amides is 1. The standard InChI is InChI=1S/C17H26N6O2/c1-17(2,3)25-16(24)23-10-14(11-23)18-6-12-9-22(5)20-15(12)13-7-19-21(4)8-13/h7-9,14,18H,6,10-11H2,1-5H3. The molecule has 2 aromatic rings. The molecule has 25 heavy (non-hydrogen) atoms. The van der Waals surface area contributed by atoms with Crippen LogP contribution in [-0.4, -0.2) is 55.3 Å². The first kappa shape index (κ1) is 17.5. The number of ether oxygens (including phenoxy) is 1. The van der Waals surface area contributed by atoms with Gasteiger partial charge in [-0.25, -0.2) is 4.79 Å². The molecule has 8 heteroatoms. The summed E-state index contributed by atoms with van der Waals surface area (Å²) in [5.74, 6) is 0. The first-order valence-electron chi connectivity index (χ1n) is 8.44. The van der Waals surface area contributed by atoms with Gasteiger partial charge >= 0.3 is 6.09 Å². The van der Waals surface area contributed by atoms with Crippen LogP contribution in [0.4, 0.5) is 4.79 Å². The second-order valence-corrected chi connectivity index (χ2v) is 7.54. The summed E-state index contributed by atoms with van der Waals surface area (Å²) in [6, 6.07) is 0.273. The quantitative estimate of drug-likeness (QED) is 0.908. The predicted octanol–water partition coefficient (Wildman–Crippen LogP) is 1.53. The highest BCUT2D eigenvalue weighted by Gasteiger charge is 2.33. The Labute approximate surface area is 147 Å². The third-order valence-electron chi connectivity index (χ3n) is 4.00. The van der Waals surface area contributed by atoms with Gasteiger partial charge in [0.05, 0.1) is 11.9 Å². The van der Waals surface area contributed by atoms with Gasteiger partial charge in [0.15, 0.2) is 0 Å². The summed E-state index contributed by atoms with van der Waals surface area (Å²) in [4.78, 5) is 13.7. The molecule has 0 spiro atoms. The molecule has 0 atom stereocenters. The van der Waals surface area contributed by atoms with E-state index in [0.717, 1.165) is 16.8 Å². The Morgan fingerprint density at radius 1 is 1.28 bits per heavy atom. The third kappa shape index (κ3) is 4.19. The highest BCUT2D eigenvalue weighted by atomic mass is 16.6. The Balaban J connectivity index is 1.53. The zero-order valence-corrected chi connectivity index (χ0v) is 15.5. The Kier molecular flexibility index (Phi) is 4.55. The summed E-state index contributed by atoms with van der Waals surface area (Å²) in [6.45, 7) is 7.66. The van der Waals surface area contributed by atoms with Gasteiger partial charge in [-0.2, -0.15) is 10.2 Å². The number of carbonyl (C=O) groups excluding carboxylic acids is 1. The smallest absolute Gasteiger partial charge is 0.410 e. The van der Waals surface area contributed by atoms with Crippen LogP contribution in [0.5, 0.6) is 0 Å². The average Bonchev–Trinajstić information content (AvgIpc) is 3.01. The fraction of sp³-hybridized carbons (Fsp3) is 0.588. The van der Waals surface area contributed by atoms with E-state index < -0.39 is 5.60 Å². The number of aryl methyl sites for hydroxylation is 2.